The summed E-state index contributed by atoms with van der Waals surface area (Å²) < 4.78 is 278. The molecule has 0 radical (unpaired) electrons. The van der Waals surface area contributed by atoms with E-state index in [0.29, 0.717) is 0 Å². The first kappa shape index (κ1) is 11.7. The molecule has 0 amide bonds. The van der Waals surface area contributed by atoms with E-state index in [9.17, 15) is 17.8 Å². The maximum absolute atomic E-state index is 10.00. The highest BCUT2D eigenvalue weighted by Gasteiger charge is 2.18. The van der Waals surface area contributed by atoms with Crippen molar-refractivity contribution < 1.29 is 45.5 Å². The summed E-state index contributed by atoms with van der Waals surface area (Å²) in [6.07, 6.45) is 0. The van der Waals surface area contributed by atoms with Crippen LogP contribution in [-0.4, -0.2) is 0 Å². The van der Waals surface area contributed by atoms with E-state index in [1.165, 1.54) is 0 Å². The molecule has 1 nitrogen and oxygen atoms in total. The highest BCUT2D eigenvalue weighted by molar-refractivity contribution is 6.23. The number of hydrogen-bond donors (Lipinski definition) is 0. The van der Waals surface area contributed by atoms with Crippen LogP contribution in [0.2, 0.25) is 0 Å². The Labute approximate surface area is 336 Å². The second kappa shape index (κ2) is 10.9. The predicted octanol–water partition coefficient (Wildman–Crippen LogP) is 14.4. The summed E-state index contributed by atoms with van der Waals surface area (Å²) in [5.74, 6) is 0. The minimum absolute atomic E-state index is 0.382. The van der Waals surface area contributed by atoms with Gasteiger partial charge in [-0.1, -0.05) is 157 Å². The van der Waals surface area contributed by atoms with E-state index in [1.54, 1.807) is 0 Å². The maximum Gasteiger partial charge on any atom is 0.143 e. The van der Waals surface area contributed by atoms with Crippen molar-refractivity contribution in [3.05, 3.63) is 181 Å². The van der Waals surface area contributed by atoms with Gasteiger partial charge in [0.15, 0.2) is 0 Å². The summed E-state index contributed by atoms with van der Waals surface area (Å²) in [5.41, 5.74) is -5.97. The molecule has 0 aliphatic carbocycles. The topological polar surface area (TPSA) is 13.1 Å². The third kappa shape index (κ3) is 4.28. The van der Waals surface area contributed by atoms with Gasteiger partial charge in [0.05, 0.1) is 41.1 Å². The van der Waals surface area contributed by atoms with Gasteiger partial charge in [-0.3, -0.25) is 0 Å². The van der Waals surface area contributed by atoms with Crippen molar-refractivity contribution in [1.29, 1.82) is 0 Å². The monoisotopic (exact) mass is 676 g/mol. The Morgan fingerprint density at radius 3 is 1.47 bits per heavy atom. The molecule has 0 saturated heterocycles. The van der Waals surface area contributed by atoms with Gasteiger partial charge in [-0.2, -0.15) is 0 Å². The first-order valence-electron chi connectivity index (χ1n) is 30.2. The molecule has 0 fully saturated rings. The molecule has 11 aromatic rings. The number of hydrogen-bond acceptors (Lipinski definition) is 1. The highest BCUT2D eigenvalue weighted by Crippen LogP contribution is 2.45. The van der Waals surface area contributed by atoms with Crippen molar-refractivity contribution in [3.63, 3.8) is 0 Å². The van der Waals surface area contributed by atoms with Crippen LogP contribution >= 0.6 is 0 Å². The van der Waals surface area contributed by atoms with Crippen molar-refractivity contribution in [3.8, 4) is 33.4 Å². The van der Waals surface area contributed by atoms with Crippen molar-refractivity contribution in [2.75, 3.05) is 0 Å². The molecule has 0 bridgehead atoms. The molecule has 1 heteroatoms. The van der Waals surface area contributed by atoms with Crippen molar-refractivity contribution in [2.45, 2.75) is 0 Å². The zero-order chi connectivity index (χ0) is 59.6. The minimum Gasteiger partial charge on any atom is -0.455 e. The van der Waals surface area contributed by atoms with Crippen molar-refractivity contribution in [2.24, 2.45) is 0 Å². The molecular weight excluding hydrogens is 617 g/mol. The summed E-state index contributed by atoms with van der Waals surface area (Å²) in [4.78, 5) is 0. The van der Waals surface area contributed by atoms with Crippen LogP contribution in [-0.2, 0) is 0 Å². The quantitative estimate of drug-likeness (QED) is 0.170. The van der Waals surface area contributed by atoms with Gasteiger partial charge in [-0.05, 0) is 106 Å². The fourth-order valence-corrected chi connectivity index (χ4v) is 6.31. The smallest absolute Gasteiger partial charge is 0.143 e. The average molecular weight is 677 g/mol. The van der Waals surface area contributed by atoms with Crippen LogP contribution < -0.4 is 0 Å². The zero-order valence-electron chi connectivity index (χ0n) is 55.4. The van der Waals surface area contributed by atoms with Crippen LogP contribution in [0.25, 0.3) is 109 Å². The standard InChI is InChI=1S/C50H30O/c1-2-12-34-28-36(24-21-31(34)10-1)47-41-14-5-7-16-43(41)48(44-17-8-6-15-42(44)47)37-25-22-32-20-23-35(29-38(32)30-37)40-18-9-19-45-49-39-13-4-3-11-33(39)26-27-46(49)51-50(40)45/h1-30H/i1D,2D,3D,4D,5D,6D,7D,8D,9D,10D,11D,12D,13D,14D,15D,16D,17D,18D,19D,20D,21D,22D,23D,24D,25D,26D,27D,28D,29D,30D. The number of para-hydroxylation sites is 1. The van der Waals surface area contributed by atoms with Crippen LogP contribution in [0.1, 0.15) is 41.1 Å². The highest BCUT2D eigenvalue weighted by atomic mass is 16.3. The Hall–Kier alpha value is -6.70. The average Bonchev–Trinajstić information content (AvgIpc) is 3.42. The molecule has 1 heterocycles. The summed E-state index contributed by atoms with van der Waals surface area (Å²) in [7, 11) is 0. The van der Waals surface area contributed by atoms with Gasteiger partial charge in [0.2, 0.25) is 0 Å². The molecule has 0 saturated carbocycles. The van der Waals surface area contributed by atoms with E-state index in [1.807, 2.05) is 0 Å². The van der Waals surface area contributed by atoms with Gasteiger partial charge in [-0.25, -0.2) is 0 Å². The zero-order valence-corrected chi connectivity index (χ0v) is 25.4. The fraction of sp³-hybridized carbons (Fsp3) is 0. The van der Waals surface area contributed by atoms with Crippen LogP contribution in [0.3, 0.4) is 0 Å². The predicted molar refractivity (Wildman–Crippen MR) is 218 cm³/mol. The molecule has 11 rings (SSSR count). The summed E-state index contributed by atoms with van der Waals surface area (Å²) in [5, 5.41) is -7.63. The molecule has 0 atom stereocenters. The SMILES string of the molecule is [2H]c1c([2H])c([2H])c2c(oc3c([2H])c([2H])c4c([2H])c([2H])c([2H])c([2H])c4c32)c1-c1c([2H])c([2H])c2c([2H])c([2H])c(-c3c4c([2H])c([2H])c([2H])c([2H])c4c(-c4c([2H])c([2H])c5c([2H])c([2H])c([2H])c([2H])c5c4[2H])c4c([2H])c([2H])c([2H])c([2H])c34)c([2H])c2c1[2H]. The van der Waals surface area contributed by atoms with Gasteiger partial charge >= 0.3 is 0 Å². The normalized spacial score (nSPS) is 20.2. The summed E-state index contributed by atoms with van der Waals surface area (Å²) in [6.45, 7) is 0. The van der Waals surface area contributed by atoms with E-state index in [-0.39, 0.29) is 5.39 Å². The van der Waals surface area contributed by atoms with Crippen LogP contribution in [0.4, 0.5) is 0 Å². The third-order valence-corrected chi connectivity index (χ3v) is 8.50. The van der Waals surface area contributed by atoms with E-state index in [4.69, 9.17) is 27.7 Å². The van der Waals surface area contributed by atoms with Gasteiger partial charge in [0, 0.05) is 16.3 Å². The van der Waals surface area contributed by atoms with Gasteiger partial charge < -0.3 is 4.42 Å². The molecule has 0 aliphatic heterocycles. The first-order valence-corrected chi connectivity index (χ1v) is 15.2. The molecule has 51 heavy (non-hydrogen) atoms. The van der Waals surface area contributed by atoms with E-state index in [2.05, 4.69) is 0 Å². The second-order valence-electron chi connectivity index (χ2n) is 11.3. The Morgan fingerprint density at radius 1 is 0.333 bits per heavy atom. The molecule has 1 aromatic heterocycles. The van der Waals surface area contributed by atoms with Crippen LogP contribution in [0, 0.1) is 0 Å². The molecular formula is C50H30O. The lowest BCUT2D eigenvalue weighted by Crippen LogP contribution is -1.91. The Bertz CT molecular complexity index is 4850. The molecule has 236 valence electrons. The maximum atomic E-state index is 10.00. The molecule has 10 aromatic carbocycles. The summed E-state index contributed by atoms with van der Waals surface area (Å²) in [6, 6.07) is -27.8. The number of furan rings is 1. The second-order valence-corrected chi connectivity index (χ2v) is 11.3. The van der Waals surface area contributed by atoms with Crippen molar-refractivity contribution >= 4 is 75.8 Å². The lowest BCUT2D eigenvalue weighted by molar-refractivity contribution is 0.670. The van der Waals surface area contributed by atoms with Crippen LogP contribution in [0.15, 0.2) is 186 Å². The van der Waals surface area contributed by atoms with Gasteiger partial charge in [-0.15, -0.1) is 0 Å². The first-order chi connectivity index (χ1) is 37.8. The summed E-state index contributed by atoms with van der Waals surface area (Å²) >= 11 is 0. The van der Waals surface area contributed by atoms with Gasteiger partial charge in [0.1, 0.15) is 11.2 Å². The fourth-order valence-electron chi connectivity index (χ4n) is 6.31. The minimum atomic E-state index is -1.07. The number of rotatable bonds is 3. The molecule has 0 aliphatic rings. The largest absolute Gasteiger partial charge is 0.455 e. The lowest BCUT2D eigenvalue weighted by Gasteiger charge is -2.18. The van der Waals surface area contributed by atoms with Gasteiger partial charge in [0.25, 0.3) is 0 Å². The van der Waals surface area contributed by atoms with Crippen LogP contribution in [0.5, 0.6) is 0 Å². The third-order valence-electron chi connectivity index (χ3n) is 8.50. The Kier molecular flexibility index (Phi) is 2.50. The Balaban J connectivity index is 1.37. The molecule has 0 spiro atoms. The Morgan fingerprint density at radius 2 is 0.804 bits per heavy atom. The lowest BCUT2D eigenvalue weighted by atomic mass is 9.85. The van der Waals surface area contributed by atoms with Crippen molar-refractivity contribution in [1.82, 2.24) is 0 Å². The van der Waals surface area contributed by atoms with E-state index < -0.39 is 285 Å². The van der Waals surface area contributed by atoms with E-state index >= 15 is 0 Å². The molecule has 0 N–H and O–H groups in total. The number of fused-ring (bicyclic) bond motifs is 9. The van der Waals surface area contributed by atoms with E-state index in [0.717, 1.165) is 0 Å². The number of benzene rings is 10. The molecule has 0 unspecified atom stereocenters.